The molecule has 4 N–H and O–H groups in total. The van der Waals surface area contributed by atoms with E-state index in [2.05, 4.69) is 0 Å². The molecule has 0 unspecified atom stereocenters. The third-order valence-electron chi connectivity index (χ3n) is 1.87. The molecule has 0 aromatic rings. The van der Waals surface area contributed by atoms with Gasteiger partial charge < -0.3 is 11.5 Å². The summed E-state index contributed by atoms with van der Waals surface area (Å²) in [6, 6.07) is 0.562. The molecule has 0 spiro atoms. The summed E-state index contributed by atoms with van der Waals surface area (Å²) < 4.78 is 0. The van der Waals surface area contributed by atoms with Crippen molar-refractivity contribution in [2.75, 3.05) is 0 Å². The zero-order valence-corrected chi connectivity index (χ0v) is 8.95. The van der Waals surface area contributed by atoms with Crippen LogP contribution in [0.3, 0.4) is 0 Å². The summed E-state index contributed by atoms with van der Waals surface area (Å²) in [6.07, 6.45) is 4.80. The van der Waals surface area contributed by atoms with Crippen LogP contribution in [0.2, 0.25) is 0 Å². The van der Waals surface area contributed by atoms with Crippen molar-refractivity contribution >= 4 is 12.4 Å². The molecule has 66 valence electrons. The quantitative estimate of drug-likeness (QED) is 0.677. The first kappa shape index (κ1) is 13.5. The summed E-state index contributed by atoms with van der Waals surface area (Å²) in [7, 11) is 0. The third kappa shape index (κ3) is 3.92. The molecule has 4 heteroatoms. The van der Waals surface area contributed by atoms with E-state index < -0.39 is 0 Å². The molecule has 0 amide bonds. The van der Waals surface area contributed by atoms with E-state index in [9.17, 15) is 0 Å². The van der Waals surface area contributed by atoms with Crippen LogP contribution >= 0.6 is 12.4 Å². The molecule has 0 aromatic heterocycles. The maximum absolute atomic E-state index is 5.65. The van der Waals surface area contributed by atoms with Gasteiger partial charge in [0, 0.05) is 33.1 Å². The minimum Gasteiger partial charge on any atom is -0.326 e. The maximum Gasteiger partial charge on any atom is 0.0192 e. The third-order valence-corrected chi connectivity index (χ3v) is 1.87. The first-order chi connectivity index (χ1) is 3.80. The Bertz CT molecular complexity index is 72.1. The standard InChI is InChI=1S/C6H14N2.ClH.Pt/c7-5-3-1-2-4-6(5)8;;/h5-6H,1-4,7-8H2;1H;/t5-,6-;;/m1../s1. The molecule has 1 saturated carbocycles. The number of rotatable bonds is 0. The molecular formula is C6H15ClN2Pt. The van der Waals surface area contributed by atoms with Crippen LogP contribution in [0.1, 0.15) is 25.7 Å². The van der Waals surface area contributed by atoms with Crippen LogP contribution in [-0.4, -0.2) is 12.1 Å². The van der Waals surface area contributed by atoms with E-state index in [4.69, 9.17) is 11.5 Å². The number of hydrogen-bond acceptors (Lipinski definition) is 2. The van der Waals surface area contributed by atoms with Crippen LogP contribution in [0, 0.1) is 0 Å². The van der Waals surface area contributed by atoms with E-state index in [1.54, 1.807) is 0 Å². The van der Waals surface area contributed by atoms with Gasteiger partial charge in [-0.3, -0.25) is 0 Å². The Balaban J connectivity index is 0. The second-order valence-electron chi connectivity index (χ2n) is 2.61. The molecule has 1 aliphatic carbocycles. The molecule has 10 heavy (non-hydrogen) atoms. The van der Waals surface area contributed by atoms with E-state index in [1.165, 1.54) is 12.8 Å². The van der Waals surface area contributed by atoms with E-state index in [1.807, 2.05) is 0 Å². The van der Waals surface area contributed by atoms with Crippen molar-refractivity contribution in [1.29, 1.82) is 0 Å². The van der Waals surface area contributed by atoms with Gasteiger partial charge in [0.2, 0.25) is 0 Å². The van der Waals surface area contributed by atoms with E-state index >= 15 is 0 Å². The molecule has 0 radical (unpaired) electrons. The minimum absolute atomic E-state index is 0. The Labute approximate surface area is 82.8 Å². The van der Waals surface area contributed by atoms with Gasteiger partial charge in [0.25, 0.3) is 0 Å². The topological polar surface area (TPSA) is 52.0 Å². The molecule has 1 aliphatic rings. The van der Waals surface area contributed by atoms with E-state index in [0.717, 1.165) is 12.8 Å². The van der Waals surface area contributed by atoms with Gasteiger partial charge in [-0.15, -0.1) is 12.4 Å². The number of hydrogen-bond donors (Lipinski definition) is 2. The summed E-state index contributed by atoms with van der Waals surface area (Å²) in [4.78, 5) is 0. The van der Waals surface area contributed by atoms with Crippen molar-refractivity contribution in [3.05, 3.63) is 0 Å². The van der Waals surface area contributed by atoms with Crippen molar-refractivity contribution in [2.24, 2.45) is 11.5 Å². The predicted molar refractivity (Wildman–Crippen MR) is 41.7 cm³/mol. The summed E-state index contributed by atoms with van der Waals surface area (Å²) >= 11 is 0. The molecule has 0 bridgehead atoms. The molecule has 1 fully saturated rings. The van der Waals surface area contributed by atoms with E-state index in [0.29, 0.717) is 0 Å². The van der Waals surface area contributed by atoms with Crippen molar-refractivity contribution < 1.29 is 21.1 Å². The SMILES string of the molecule is Cl.N[C@@H]1CCCC[C@H]1N.[Pt]. The normalized spacial score (nSPS) is 31.8. The van der Waals surface area contributed by atoms with Crippen LogP contribution in [-0.2, 0) is 21.1 Å². The maximum atomic E-state index is 5.65. The Morgan fingerprint density at radius 1 is 0.900 bits per heavy atom. The molecule has 2 atom stereocenters. The fourth-order valence-corrected chi connectivity index (χ4v) is 1.19. The van der Waals surface area contributed by atoms with Crippen LogP contribution < -0.4 is 11.5 Å². The van der Waals surface area contributed by atoms with Crippen LogP contribution in [0.25, 0.3) is 0 Å². The summed E-state index contributed by atoms with van der Waals surface area (Å²) in [5, 5.41) is 0. The van der Waals surface area contributed by atoms with Gasteiger partial charge in [0.15, 0.2) is 0 Å². The largest absolute Gasteiger partial charge is 0.326 e. The molecular weight excluding hydrogens is 331 g/mol. The first-order valence-corrected chi connectivity index (χ1v) is 3.32. The summed E-state index contributed by atoms with van der Waals surface area (Å²) in [5.74, 6) is 0. The van der Waals surface area contributed by atoms with Gasteiger partial charge >= 0.3 is 0 Å². The Kier molecular flexibility index (Phi) is 8.90. The monoisotopic (exact) mass is 345 g/mol. The van der Waals surface area contributed by atoms with Crippen LogP contribution in [0.15, 0.2) is 0 Å². The first-order valence-electron chi connectivity index (χ1n) is 3.32. The molecule has 0 saturated heterocycles. The van der Waals surface area contributed by atoms with Gasteiger partial charge in [-0.05, 0) is 12.8 Å². The van der Waals surface area contributed by atoms with Crippen LogP contribution in [0.5, 0.6) is 0 Å². The van der Waals surface area contributed by atoms with E-state index in [-0.39, 0.29) is 45.6 Å². The predicted octanol–water partition coefficient (Wildman–Crippen LogP) is 0.634. The molecule has 0 aromatic carbocycles. The minimum atomic E-state index is 0. The second-order valence-corrected chi connectivity index (χ2v) is 2.61. The van der Waals surface area contributed by atoms with Gasteiger partial charge in [0.1, 0.15) is 0 Å². The average molecular weight is 346 g/mol. The molecule has 0 heterocycles. The Morgan fingerprint density at radius 3 is 1.40 bits per heavy atom. The number of nitrogens with two attached hydrogens (primary N) is 2. The molecule has 1 rings (SSSR count). The Hall–Kier alpha value is 0.898. The van der Waals surface area contributed by atoms with Gasteiger partial charge in [-0.1, -0.05) is 12.8 Å². The van der Waals surface area contributed by atoms with Crippen molar-refractivity contribution in [3.63, 3.8) is 0 Å². The fourth-order valence-electron chi connectivity index (χ4n) is 1.19. The zero-order chi connectivity index (χ0) is 5.98. The smallest absolute Gasteiger partial charge is 0.0192 e. The van der Waals surface area contributed by atoms with Gasteiger partial charge in [0.05, 0.1) is 0 Å². The summed E-state index contributed by atoms with van der Waals surface area (Å²) in [5.41, 5.74) is 11.3. The average Bonchev–Trinajstić information content (AvgIpc) is 1.77. The second kappa shape index (κ2) is 6.60. The van der Waals surface area contributed by atoms with Crippen molar-refractivity contribution in [3.8, 4) is 0 Å². The fraction of sp³-hybridized carbons (Fsp3) is 1.00. The summed E-state index contributed by atoms with van der Waals surface area (Å²) in [6.45, 7) is 0. The number of halogens is 1. The Morgan fingerprint density at radius 2 is 1.20 bits per heavy atom. The van der Waals surface area contributed by atoms with Crippen molar-refractivity contribution in [1.82, 2.24) is 0 Å². The van der Waals surface area contributed by atoms with Gasteiger partial charge in [-0.2, -0.15) is 0 Å². The zero-order valence-electron chi connectivity index (χ0n) is 5.86. The molecule has 2 nitrogen and oxygen atoms in total. The van der Waals surface area contributed by atoms with Crippen molar-refractivity contribution in [2.45, 2.75) is 37.8 Å². The van der Waals surface area contributed by atoms with Crippen LogP contribution in [0.4, 0.5) is 0 Å². The van der Waals surface area contributed by atoms with Gasteiger partial charge in [-0.25, -0.2) is 0 Å². The molecule has 0 aliphatic heterocycles.